The molecule has 0 aliphatic heterocycles. The third-order valence-electron chi connectivity index (χ3n) is 4.74. The predicted octanol–water partition coefficient (Wildman–Crippen LogP) is 4.74. The molecule has 1 N–H and O–H groups in total. The van der Waals surface area contributed by atoms with Crippen LogP contribution in [0.2, 0.25) is 0 Å². The first-order chi connectivity index (χ1) is 14.2. The Kier molecular flexibility index (Phi) is 5.81. The van der Waals surface area contributed by atoms with Crippen LogP contribution >= 0.6 is 11.3 Å². The molecule has 0 saturated heterocycles. The van der Waals surface area contributed by atoms with Crippen molar-refractivity contribution in [1.82, 2.24) is 19.9 Å². The fraction of sp³-hybridized carbons (Fsp3) is 0.174. The zero-order chi connectivity index (χ0) is 20.1. The molecule has 146 valence electrons. The van der Waals surface area contributed by atoms with Crippen molar-refractivity contribution in [2.45, 2.75) is 25.9 Å². The van der Waals surface area contributed by atoms with Crippen LogP contribution in [-0.2, 0) is 13.0 Å². The minimum Gasteiger partial charge on any atom is -0.343 e. The number of aromatic nitrogens is 3. The van der Waals surface area contributed by atoms with Crippen molar-refractivity contribution >= 4 is 17.2 Å². The van der Waals surface area contributed by atoms with E-state index in [1.54, 1.807) is 23.7 Å². The van der Waals surface area contributed by atoms with Crippen LogP contribution in [-0.4, -0.2) is 20.4 Å². The molecular formula is C23H22N4OS. The Morgan fingerprint density at radius 1 is 1.14 bits per heavy atom. The number of amides is 1. The molecule has 1 amide bonds. The maximum Gasteiger partial charge on any atom is 0.268 e. The molecular weight excluding hydrogens is 380 g/mol. The van der Waals surface area contributed by atoms with Gasteiger partial charge in [0.05, 0.1) is 11.7 Å². The van der Waals surface area contributed by atoms with Crippen molar-refractivity contribution in [1.29, 1.82) is 0 Å². The Labute approximate surface area is 174 Å². The van der Waals surface area contributed by atoms with E-state index >= 15 is 0 Å². The number of nitrogens with zero attached hydrogens (tertiary/aromatic N) is 3. The van der Waals surface area contributed by atoms with Gasteiger partial charge in [0.2, 0.25) is 0 Å². The molecule has 0 bridgehead atoms. The topological polar surface area (TPSA) is 59.8 Å². The average molecular weight is 403 g/mol. The van der Waals surface area contributed by atoms with Gasteiger partial charge in [-0.15, -0.1) is 11.3 Å². The van der Waals surface area contributed by atoms with Crippen LogP contribution in [0.3, 0.4) is 0 Å². The number of carbonyl (C=O) groups excluding carboxylic acids is 1. The second kappa shape index (κ2) is 8.84. The normalized spacial score (nSPS) is 11.9. The summed E-state index contributed by atoms with van der Waals surface area (Å²) in [5.41, 5.74) is 3.78. The van der Waals surface area contributed by atoms with Crippen molar-refractivity contribution < 1.29 is 4.79 Å². The first-order valence-electron chi connectivity index (χ1n) is 9.56. The summed E-state index contributed by atoms with van der Waals surface area (Å²) in [6, 6.07) is 17.8. The summed E-state index contributed by atoms with van der Waals surface area (Å²) < 4.78 is 2.00. The highest BCUT2D eigenvalue weighted by Crippen LogP contribution is 2.25. The first-order valence-corrected chi connectivity index (χ1v) is 10.4. The second-order valence-electron chi connectivity index (χ2n) is 6.83. The van der Waals surface area contributed by atoms with Gasteiger partial charge in [0, 0.05) is 36.1 Å². The van der Waals surface area contributed by atoms with Gasteiger partial charge in [-0.25, -0.2) is 4.98 Å². The van der Waals surface area contributed by atoms with Crippen LogP contribution < -0.4 is 5.32 Å². The molecule has 4 rings (SSSR count). The molecule has 3 heterocycles. The second-order valence-corrected chi connectivity index (χ2v) is 7.72. The Balaban J connectivity index is 1.41. The van der Waals surface area contributed by atoms with E-state index in [0.29, 0.717) is 5.69 Å². The van der Waals surface area contributed by atoms with Crippen LogP contribution in [0.15, 0.2) is 78.6 Å². The van der Waals surface area contributed by atoms with Gasteiger partial charge in [-0.1, -0.05) is 30.3 Å². The summed E-state index contributed by atoms with van der Waals surface area (Å²) in [5.74, 6) is -0.0892. The van der Waals surface area contributed by atoms with Crippen LogP contribution in [0.1, 0.15) is 34.0 Å². The van der Waals surface area contributed by atoms with Crippen LogP contribution in [0.5, 0.6) is 0 Å². The standard InChI is InChI=1S/C23H22N4OS/c1-17(23-26-20(16-29-23)19-9-5-12-24-15-19)25-22(28)21-10-6-13-27(21)14-11-18-7-3-2-4-8-18/h2-10,12-13,15-17H,11,14H2,1H3,(H,25,28). The number of thiazole rings is 1. The molecule has 0 radical (unpaired) electrons. The van der Waals surface area contributed by atoms with Gasteiger partial charge in [0.15, 0.2) is 0 Å². The molecule has 1 atom stereocenters. The highest BCUT2D eigenvalue weighted by Gasteiger charge is 2.17. The van der Waals surface area contributed by atoms with E-state index < -0.39 is 0 Å². The van der Waals surface area contributed by atoms with E-state index in [0.717, 1.165) is 29.2 Å². The monoisotopic (exact) mass is 402 g/mol. The number of hydrogen-bond donors (Lipinski definition) is 1. The molecule has 0 aliphatic rings. The number of rotatable bonds is 7. The van der Waals surface area contributed by atoms with Gasteiger partial charge in [0.25, 0.3) is 5.91 Å². The van der Waals surface area contributed by atoms with E-state index in [2.05, 4.69) is 27.4 Å². The molecule has 1 unspecified atom stereocenters. The van der Waals surface area contributed by atoms with E-state index in [-0.39, 0.29) is 11.9 Å². The minimum atomic E-state index is -0.171. The maximum absolute atomic E-state index is 12.8. The summed E-state index contributed by atoms with van der Waals surface area (Å²) in [6.07, 6.45) is 6.37. The Morgan fingerprint density at radius 3 is 2.79 bits per heavy atom. The smallest absolute Gasteiger partial charge is 0.268 e. The molecule has 0 saturated carbocycles. The third-order valence-corrected chi connectivity index (χ3v) is 5.77. The van der Waals surface area contributed by atoms with Gasteiger partial charge in [-0.2, -0.15) is 0 Å². The molecule has 4 aromatic rings. The van der Waals surface area contributed by atoms with Gasteiger partial charge in [0.1, 0.15) is 10.7 Å². The number of aryl methyl sites for hydroxylation is 2. The zero-order valence-electron chi connectivity index (χ0n) is 16.2. The molecule has 29 heavy (non-hydrogen) atoms. The number of pyridine rings is 1. The Bertz CT molecular complexity index is 1070. The summed E-state index contributed by atoms with van der Waals surface area (Å²) in [5, 5.41) is 5.95. The molecule has 0 fully saturated rings. The van der Waals surface area contributed by atoms with Crippen LogP contribution in [0.25, 0.3) is 11.3 Å². The summed E-state index contributed by atoms with van der Waals surface area (Å²) >= 11 is 1.54. The van der Waals surface area contributed by atoms with Crippen LogP contribution in [0, 0.1) is 0 Å². The largest absolute Gasteiger partial charge is 0.343 e. The molecule has 5 nitrogen and oxygen atoms in total. The minimum absolute atomic E-state index is 0.0892. The third kappa shape index (κ3) is 4.60. The lowest BCUT2D eigenvalue weighted by Gasteiger charge is -2.13. The average Bonchev–Trinajstić information content (AvgIpc) is 3.43. The van der Waals surface area contributed by atoms with Gasteiger partial charge < -0.3 is 9.88 Å². The van der Waals surface area contributed by atoms with Gasteiger partial charge in [-0.05, 0) is 43.2 Å². The number of nitrogens with one attached hydrogen (secondary N) is 1. The van der Waals surface area contributed by atoms with Crippen molar-refractivity contribution in [3.05, 3.63) is 94.8 Å². The lowest BCUT2D eigenvalue weighted by atomic mass is 10.1. The van der Waals surface area contributed by atoms with E-state index in [1.165, 1.54) is 5.56 Å². The maximum atomic E-state index is 12.8. The Morgan fingerprint density at radius 2 is 2.00 bits per heavy atom. The van der Waals surface area contributed by atoms with Crippen molar-refractivity contribution in [3.63, 3.8) is 0 Å². The van der Waals surface area contributed by atoms with E-state index in [1.807, 2.05) is 65.5 Å². The summed E-state index contributed by atoms with van der Waals surface area (Å²) in [7, 11) is 0. The van der Waals surface area contributed by atoms with Crippen molar-refractivity contribution in [2.24, 2.45) is 0 Å². The first kappa shape index (κ1) is 19.1. The van der Waals surface area contributed by atoms with Crippen LogP contribution in [0.4, 0.5) is 0 Å². The highest BCUT2D eigenvalue weighted by molar-refractivity contribution is 7.10. The lowest BCUT2D eigenvalue weighted by Crippen LogP contribution is -2.28. The summed E-state index contributed by atoms with van der Waals surface area (Å²) in [6.45, 7) is 2.72. The molecule has 6 heteroatoms. The zero-order valence-corrected chi connectivity index (χ0v) is 17.0. The molecule has 0 aliphatic carbocycles. The van der Waals surface area contributed by atoms with Gasteiger partial charge >= 0.3 is 0 Å². The SMILES string of the molecule is CC(NC(=O)c1cccn1CCc1ccccc1)c1nc(-c2cccnc2)cs1. The van der Waals surface area contributed by atoms with E-state index in [9.17, 15) is 4.79 Å². The lowest BCUT2D eigenvalue weighted by molar-refractivity contribution is 0.0930. The fourth-order valence-corrected chi connectivity index (χ4v) is 4.01. The summed E-state index contributed by atoms with van der Waals surface area (Å²) in [4.78, 5) is 21.6. The molecule has 3 aromatic heterocycles. The molecule has 0 spiro atoms. The van der Waals surface area contributed by atoms with Gasteiger partial charge in [-0.3, -0.25) is 9.78 Å². The number of carbonyl (C=O) groups is 1. The van der Waals surface area contributed by atoms with Crippen molar-refractivity contribution in [3.8, 4) is 11.3 Å². The van der Waals surface area contributed by atoms with E-state index in [4.69, 9.17) is 0 Å². The quantitative estimate of drug-likeness (QED) is 0.486. The predicted molar refractivity (Wildman–Crippen MR) is 116 cm³/mol. The number of benzene rings is 1. The molecule has 1 aromatic carbocycles. The number of hydrogen-bond acceptors (Lipinski definition) is 4. The fourth-order valence-electron chi connectivity index (χ4n) is 3.18. The van der Waals surface area contributed by atoms with Crippen molar-refractivity contribution in [2.75, 3.05) is 0 Å². The Hall–Kier alpha value is -3.25. The highest BCUT2D eigenvalue weighted by atomic mass is 32.1.